The molecular formula is C18H15BrN2O2. The second-order valence-electron chi connectivity index (χ2n) is 5.18. The molecule has 1 N–H and O–H groups in total. The molecule has 0 unspecified atom stereocenters. The topological polar surface area (TPSA) is 55.1 Å². The molecule has 0 aliphatic heterocycles. The van der Waals surface area contributed by atoms with E-state index in [2.05, 4.69) is 26.2 Å². The van der Waals surface area contributed by atoms with Gasteiger partial charge in [0.25, 0.3) is 5.91 Å². The van der Waals surface area contributed by atoms with Crippen molar-refractivity contribution in [2.24, 2.45) is 0 Å². The number of oxazole rings is 1. The summed E-state index contributed by atoms with van der Waals surface area (Å²) in [5.41, 5.74) is 3.13. The molecule has 3 rings (SSSR count). The lowest BCUT2D eigenvalue weighted by molar-refractivity contribution is 0.102. The largest absolute Gasteiger partial charge is 0.446 e. The number of hydrogen-bond acceptors (Lipinski definition) is 3. The molecule has 3 aromatic rings. The average molecular weight is 371 g/mol. The van der Waals surface area contributed by atoms with Crippen molar-refractivity contribution < 1.29 is 9.21 Å². The highest BCUT2D eigenvalue weighted by Gasteiger charge is 2.10. The Morgan fingerprint density at radius 2 is 1.70 bits per heavy atom. The van der Waals surface area contributed by atoms with Gasteiger partial charge in [-0.1, -0.05) is 28.1 Å². The van der Waals surface area contributed by atoms with E-state index in [1.807, 2.05) is 50.2 Å². The third-order valence-electron chi connectivity index (χ3n) is 3.43. The maximum absolute atomic E-state index is 12.2. The van der Waals surface area contributed by atoms with Gasteiger partial charge >= 0.3 is 0 Å². The molecule has 0 aliphatic rings. The number of aryl methyl sites for hydroxylation is 2. The monoisotopic (exact) mass is 370 g/mol. The van der Waals surface area contributed by atoms with Gasteiger partial charge in [-0.15, -0.1) is 0 Å². The molecular weight excluding hydrogens is 356 g/mol. The molecule has 0 atom stereocenters. The van der Waals surface area contributed by atoms with Crippen molar-refractivity contribution in [3.63, 3.8) is 0 Å². The van der Waals surface area contributed by atoms with Crippen molar-refractivity contribution >= 4 is 27.5 Å². The van der Waals surface area contributed by atoms with Gasteiger partial charge in [-0.05, 0) is 43.3 Å². The molecule has 116 valence electrons. The summed E-state index contributed by atoms with van der Waals surface area (Å²) in [6, 6.07) is 14.8. The van der Waals surface area contributed by atoms with Gasteiger partial charge in [0.05, 0.1) is 0 Å². The quantitative estimate of drug-likeness (QED) is 0.707. The van der Waals surface area contributed by atoms with Crippen LogP contribution >= 0.6 is 15.9 Å². The molecule has 5 heteroatoms. The van der Waals surface area contributed by atoms with Gasteiger partial charge in [-0.25, -0.2) is 4.98 Å². The first-order valence-electron chi connectivity index (χ1n) is 7.14. The van der Waals surface area contributed by atoms with Gasteiger partial charge in [0.15, 0.2) is 5.89 Å². The molecule has 23 heavy (non-hydrogen) atoms. The molecule has 0 fully saturated rings. The summed E-state index contributed by atoms with van der Waals surface area (Å²) in [5.74, 6) is 1.29. The van der Waals surface area contributed by atoms with Crippen molar-refractivity contribution in [3.8, 4) is 11.3 Å². The van der Waals surface area contributed by atoms with Crippen LogP contribution in [0.15, 0.2) is 57.4 Å². The molecule has 1 aromatic heterocycles. The molecule has 0 spiro atoms. The minimum Gasteiger partial charge on any atom is -0.446 e. The summed E-state index contributed by atoms with van der Waals surface area (Å²) in [6.45, 7) is 3.71. The van der Waals surface area contributed by atoms with Gasteiger partial charge in [-0.2, -0.15) is 0 Å². The number of amides is 1. The summed E-state index contributed by atoms with van der Waals surface area (Å²) < 4.78 is 6.39. The van der Waals surface area contributed by atoms with Crippen molar-refractivity contribution in [2.45, 2.75) is 13.8 Å². The number of nitrogens with zero attached hydrogens (tertiary/aromatic N) is 1. The third-order valence-corrected chi connectivity index (χ3v) is 3.95. The van der Waals surface area contributed by atoms with E-state index in [0.717, 1.165) is 27.2 Å². The number of carbonyl (C=O) groups excluding carboxylic acids is 1. The van der Waals surface area contributed by atoms with E-state index in [9.17, 15) is 4.79 Å². The van der Waals surface area contributed by atoms with Crippen molar-refractivity contribution in [3.05, 3.63) is 70.2 Å². The van der Waals surface area contributed by atoms with Crippen LogP contribution in [0.25, 0.3) is 11.3 Å². The lowest BCUT2D eigenvalue weighted by atomic mass is 10.1. The van der Waals surface area contributed by atoms with Gasteiger partial charge in [0.1, 0.15) is 11.5 Å². The Labute approximate surface area is 142 Å². The zero-order chi connectivity index (χ0) is 16.4. The highest BCUT2D eigenvalue weighted by atomic mass is 79.9. The summed E-state index contributed by atoms with van der Waals surface area (Å²) in [5, 5.41) is 2.88. The van der Waals surface area contributed by atoms with Crippen LogP contribution in [0.4, 0.5) is 5.69 Å². The van der Waals surface area contributed by atoms with E-state index in [4.69, 9.17) is 4.42 Å². The zero-order valence-electron chi connectivity index (χ0n) is 12.8. The number of halogens is 1. The van der Waals surface area contributed by atoms with Gasteiger partial charge in [-0.3, -0.25) is 4.79 Å². The second kappa shape index (κ2) is 6.38. The van der Waals surface area contributed by atoms with Crippen LogP contribution in [-0.4, -0.2) is 10.9 Å². The fraction of sp³-hybridized carbons (Fsp3) is 0.111. The molecule has 0 radical (unpaired) electrons. The Balaban J connectivity index is 1.76. The number of anilines is 1. The Kier molecular flexibility index (Phi) is 4.30. The minimum atomic E-state index is -0.140. The summed E-state index contributed by atoms with van der Waals surface area (Å²) in [4.78, 5) is 16.6. The van der Waals surface area contributed by atoms with Gasteiger partial charge in [0.2, 0.25) is 0 Å². The van der Waals surface area contributed by atoms with Crippen LogP contribution in [0.2, 0.25) is 0 Å². The molecule has 0 saturated heterocycles. The van der Waals surface area contributed by atoms with Crippen LogP contribution in [-0.2, 0) is 0 Å². The predicted molar refractivity (Wildman–Crippen MR) is 93.5 cm³/mol. The van der Waals surface area contributed by atoms with E-state index in [-0.39, 0.29) is 5.91 Å². The standard InChI is InChI=1S/C18H15BrN2O2/c1-11-17(20-12(2)23-11)13-5-9-16(10-6-13)21-18(22)14-3-7-15(19)8-4-14/h3-10H,1-2H3,(H,21,22). The normalized spacial score (nSPS) is 10.6. The van der Waals surface area contributed by atoms with Crippen LogP contribution in [0.3, 0.4) is 0 Å². The number of nitrogens with one attached hydrogen (secondary N) is 1. The lowest BCUT2D eigenvalue weighted by Gasteiger charge is -2.06. The molecule has 2 aromatic carbocycles. The molecule has 0 saturated carbocycles. The summed E-state index contributed by atoms with van der Waals surface area (Å²) in [7, 11) is 0. The number of carbonyl (C=O) groups is 1. The lowest BCUT2D eigenvalue weighted by Crippen LogP contribution is -2.11. The smallest absolute Gasteiger partial charge is 0.255 e. The first kappa shape index (κ1) is 15.5. The maximum Gasteiger partial charge on any atom is 0.255 e. The summed E-state index contributed by atoms with van der Waals surface area (Å²) >= 11 is 3.35. The number of hydrogen-bond donors (Lipinski definition) is 1. The maximum atomic E-state index is 12.2. The Bertz CT molecular complexity index is 836. The molecule has 0 aliphatic carbocycles. The van der Waals surface area contributed by atoms with E-state index in [1.54, 1.807) is 12.1 Å². The second-order valence-corrected chi connectivity index (χ2v) is 6.09. The van der Waals surface area contributed by atoms with Crippen LogP contribution in [0, 0.1) is 13.8 Å². The average Bonchev–Trinajstić information content (AvgIpc) is 2.87. The highest BCUT2D eigenvalue weighted by molar-refractivity contribution is 9.10. The predicted octanol–water partition coefficient (Wildman–Crippen LogP) is 4.97. The van der Waals surface area contributed by atoms with Crippen molar-refractivity contribution in [2.75, 3.05) is 5.32 Å². The van der Waals surface area contributed by atoms with Crippen LogP contribution in [0.1, 0.15) is 22.0 Å². The molecule has 1 heterocycles. The Hall–Kier alpha value is -2.40. The van der Waals surface area contributed by atoms with E-state index < -0.39 is 0 Å². The van der Waals surface area contributed by atoms with Gasteiger partial charge in [0, 0.05) is 28.2 Å². The Morgan fingerprint density at radius 3 is 2.26 bits per heavy atom. The SMILES string of the molecule is Cc1nc(-c2ccc(NC(=O)c3ccc(Br)cc3)cc2)c(C)o1. The molecule has 1 amide bonds. The van der Waals surface area contributed by atoms with E-state index in [0.29, 0.717) is 11.5 Å². The number of rotatable bonds is 3. The first-order valence-corrected chi connectivity index (χ1v) is 7.93. The van der Waals surface area contributed by atoms with Gasteiger partial charge < -0.3 is 9.73 Å². The van der Waals surface area contributed by atoms with Crippen molar-refractivity contribution in [1.29, 1.82) is 0 Å². The highest BCUT2D eigenvalue weighted by Crippen LogP contribution is 2.24. The number of aromatic nitrogens is 1. The van der Waals surface area contributed by atoms with Crippen LogP contribution < -0.4 is 5.32 Å². The fourth-order valence-electron chi connectivity index (χ4n) is 2.31. The first-order chi connectivity index (χ1) is 11.0. The van der Waals surface area contributed by atoms with E-state index in [1.165, 1.54) is 0 Å². The van der Waals surface area contributed by atoms with Crippen molar-refractivity contribution in [1.82, 2.24) is 4.98 Å². The van der Waals surface area contributed by atoms with E-state index >= 15 is 0 Å². The minimum absolute atomic E-state index is 0.140. The fourth-order valence-corrected chi connectivity index (χ4v) is 2.58. The Morgan fingerprint density at radius 1 is 1.04 bits per heavy atom. The molecule has 4 nitrogen and oxygen atoms in total. The summed E-state index contributed by atoms with van der Waals surface area (Å²) in [6.07, 6.45) is 0. The third kappa shape index (κ3) is 3.51. The van der Waals surface area contributed by atoms with Crippen LogP contribution in [0.5, 0.6) is 0 Å². The molecule has 0 bridgehead atoms. The number of benzene rings is 2. The zero-order valence-corrected chi connectivity index (χ0v) is 14.3.